The van der Waals surface area contributed by atoms with Crippen LogP contribution in [0.2, 0.25) is 0 Å². The van der Waals surface area contributed by atoms with Crippen LogP contribution < -0.4 is 4.74 Å². The van der Waals surface area contributed by atoms with Gasteiger partial charge in [-0.05, 0) is 52.6 Å². The highest BCUT2D eigenvalue weighted by Crippen LogP contribution is 2.26. The fraction of sp³-hybridized carbons (Fsp3) is 0.364. The fourth-order valence-corrected chi connectivity index (χ4v) is 1.90. The minimum Gasteiger partial charge on any atom is -0.492 e. The van der Waals surface area contributed by atoms with Crippen LogP contribution in [0.3, 0.4) is 0 Å². The molecule has 0 unspecified atom stereocenters. The lowest BCUT2D eigenvalue weighted by Crippen LogP contribution is -2.01. The second-order valence-corrected chi connectivity index (χ2v) is 4.99. The van der Waals surface area contributed by atoms with Crippen molar-refractivity contribution in [3.63, 3.8) is 0 Å². The molecule has 1 aromatic carbocycles. The Balaban J connectivity index is 2.63. The van der Waals surface area contributed by atoms with Crippen LogP contribution in [-0.2, 0) is 0 Å². The van der Waals surface area contributed by atoms with Crippen LogP contribution in [0, 0.1) is 0 Å². The van der Waals surface area contributed by atoms with Crippen molar-refractivity contribution in [3.8, 4) is 5.75 Å². The highest BCUT2D eigenvalue weighted by Gasteiger charge is 2.07. The molecule has 88 valence electrons. The molecular weight excluding hydrogens is 292 g/mol. The van der Waals surface area contributed by atoms with Crippen LogP contribution in [0.25, 0.3) is 0 Å². The molecule has 0 saturated heterocycles. The number of carboxylic acids is 1. The lowest BCUT2D eigenvalue weighted by atomic mass is 10.2. The van der Waals surface area contributed by atoms with Gasteiger partial charge in [-0.15, -0.1) is 0 Å². The lowest BCUT2D eigenvalue weighted by molar-refractivity contribution is 0.0696. The van der Waals surface area contributed by atoms with Crippen LogP contribution in [0.15, 0.2) is 22.7 Å². The predicted octanol–water partition coefficient (Wildman–Crippen LogP) is 3.28. The Labute approximate surface area is 107 Å². The van der Waals surface area contributed by atoms with E-state index < -0.39 is 5.97 Å². The van der Waals surface area contributed by atoms with Crippen molar-refractivity contribution in [2.45, 2.75) is 6.42 Å². The molecule has 1 rings (SSSR count). The van der Waals surface area contributed by atoms with E-state index in [4.69, 9.17) is 9.84 Å². The molecule has 1 aromatic rings. The summed E-state index contributed by atoms with van der Waals surface area (Å²) in [7, 11) is 0. The number of carboxylic acid groups (broad SMARTS) is 1. The lowest BCUT2D eigenvalue weighted by Gasteiger charge is -2.08. The number of rotatable bonds is 6. The molecule has 0 spiro atoms. The number of hydrogen-bond donors (Lipinski definition) is 1. The van der Waals surface area contributed by atoms with Gasteiger partial charge in [0.05, 0.1) is 16.6 Å². The van der Waals surface area contributed by atoms with Crippen molar-refractivity contribution >= 4 is 33.7 Å². The summed E-state index contributed by atoms with van der Waals surface area (Å²) >= 11 is 5.09. The fourth-order valence-electron chi connectivity index (χ4n) is 1.13. The third kappa shape index (κ3) is 4.06. The Kier molecular flexibility index (Phi) is 5.69. The van der Waals surface area contributed by atoms with Gasteiger partial charge in [0.25, 0.3) is 0 Å². The summed E-state index contributed by atoms with van der Waals surface area (Å²) in [5, 5.41) is 8.84. The topological polar surface area (TPSA) is 46.5 Å². The molecule has 1 N–H and O–H groups in total. The molecule has 0 aliphatic heterocycles. The van der Waals surface area contributed by atoms with Crippen molar-refractivity contribution in [2.24, 2.45) is 0 Å². The monoisotopic (exact) mass is 304 g/mol. The maximum Gasteiger partial charge on any atom is 0.335 e. The molecule has 0 aliphatic carbocycles. The molecular formula is C11H13BrO3S. The van der Waals surface area contributed by atoms with Crippen molar-refractivity contribution in [2.75, 3.05) is 18.6 Å². The third-order valence-corrected chi connectivity index (χ3v) is 3.28. The number of hydrogen-bond acceptors (Lipinski definition) is 3. The van der Waals surface area contributed by atoms with E-state index in [-0.39, 0.29) is 5.56 Å². The van der Waals surface area contributed by atoms with Gasteiger partial charge < -0.3 is 9.84 Å². The zero-order valence-corrected chi connectivity index (χ0v) is 11.3. The van der Waals surface area contributed by atoms with E-state index in [0.29, 0.717) is 12.4 Å². The molecule has 0 atom stereocenters. The second-order valence-electron chi connectivity index (χ2n) is 3.15. The summed E-state index contributed by atoms with van der Waals surface area (Å²) in [6.45, 7) is 0.600. The van der Waals surface area contributed by atoms with Crippen LogP contribution >= 0.6 is 27.7 Å². The smallest absolute Gasteiger partial charge is 0.335 e. The molecule has 0 fully saturated rings. The molecule has 0 radical (unpaired) electrons. The first-order valence-corrected chi connectivity index (χ1v) is 6.98. The summed E-state index contributed by atoms with van der Waals surface area (Å²) in [4.78, 5) is 10.8. The van der Waals surface area contributed by atoms with Crippen LogP contribution in [0.5, 0.6) is 5.75 Å². The van der Waals surface area contributed by atoms with Crippen molar-refractivity contribution in [1.82, 2.24) is 0 Å². The zero-order chi connectivity index (χ0) is 12.0. The molecule has 0 aliphatic rings. The zero-order valence-electron chi connectivity index (χ0n) is 8.90. The van der Waals surface area contributed by atoms with Crippen LogP contribution in [0.4, 0.5) is 0 Å². The average Bonchev–Trinajstić information content (AvgIpc) is 2.26. The van der Waals surface area contributed by atoms with E-state index in [0.717, 1.165) is 16.6 Å². The quantitative estimate of drug-likeness (QED) is 0.819. The van der Waals surface area contributed by atoms with Gasteiger partial charge in [-0.1, -0.05) is 0 Å². The molecule has 0 amide bonds. The van der Waals surface area contributed by atoms with Gasteiger partial charge >= 0.3 is 5.97 Å². The Morgan fingerprint density at radius 1 is 1.56 bits per heavy atom. The first-order chi connectivity index (χ1) is 7.65. The van der Waals surface area contributed by atoms with E-state index >= 15 is 0 Å². The molecule has 0 heterocycles. The van der Waals surface area contributed by atoms with Gasteiger partial charge in [-0.25, -0.2) is 4.79 Å². The summed E-state index contributed by atoms with van der Waals surface area (Å²) in [6.07, 6.45) is 2.99. The van der Waals surface area contributed by atoms with Crippen molar-refractivity contribution < 1.29 is 14.6 Å². The third-order valence-electron chi connectivity index (χ3n) is 1.93. The summed E-state index contributed by atoms with van der Waals surface area (Å²) < 4.78 is 6.29. The van der Waals surface area contributed by atoms with Crippen molar-refractivity contribution in [1.29, 1.82) is 0 Å². The average molecular weight is 305 g/mol. The van der Waals surface area contributed by atoms with Crippen molar-refractivity contribution in [3.05, 3.63) is 28.2 Å². The summed E-state index contributed by atoms with van der Waals surface area (Å²) in [6, 6.07) is 4.76. The first-order valence-electron chi connectivity index (χ1n) is 4.79. The Morgan fingerprint density at radius 2 is 2.31 bits per heavy atom. The first kappa shape index (κ1) is 13.4. The normalized spacial score (nSPS) is 10.1. The highest BCUT2D eigenvalue weighted by molar-refractivity contribution is 9.10. The van der Waals surface area contributed by atoms with E-state index in [2.05, 4.69) is 15.9 Å². The largest absolute Gasteiger partial charge is 0.492 e. The minimum atomic E-state index is -0.943. The SMILES string of the molecule is CSCCCOc1cc(C(=O)O)ccc1Br. The van der Waals surface area contributed by atoms with Gasteiger partial charge in [-0.2, -0.15) is 11.8 Å². The van der Waals surface area contributed by atoms with Crippen LogP contribution in [0.1, 0.15) is 16.8 Å². The Morgan fingerprint density at radius 3 is 2.94 bits per heavy atom. The summed E-state index contributed by atoms with van der Waals surface area (Å²) in [5.41, 5.74) is 0.239. The predicted molar refractivity (Wildman–Crippen MR) is 69.6 cm³/mol. The van der Waals surface area contributed by atoms with Gasteiger partial charge in [0.1, 0.15) is 5.75 Å². The standard InChI is InChI=1S/C11H13BrO3S/c1-16-6-2-5-15-10-7-8(11(13)14)3-4-9(10)12/h3-4,7H,2,5-6H2,1H3,(H,13,14). The maximum atomic E-state index is 10.8. The van der Waals surface area contributed by atoms with Gasteiger partial charge in [0.2, 0.25) is 0 Å². The minimum absolute atomic E-state index is 0.239. The number of halogens is 1. The number of thioether (sulfide) groups is 1. The molecule has 0 bridgehead atoms. The van der Waals surface area contributed by atoms with Gasteiger partial charge in [0.15, 0.2) is 0 Å². The second kappa shape index (κ2) is 6.81. The number of benzene rings is 1. The highest BCUT2D eigenvalue weighted by atomic mass is 79.9. The Hall–Kier alpha value is -0.680. The molecule has 16 heavy (non-hydrogen) atoms. The number of carbonyl (C=O) groups is 1. The molecule has 0 saturated carbocycles. The van der Waals surface area contributed by atoms with E-state index in [1.807, 2.05) is 6.26 Å². The Bertz CT molecular complexity index is 368. The van der Waals surface area contributed by atoms with E-state index in [1.54, 1.807) is 23.9 Å². The summed E-state index contributed by atoms with van der Waals surface area (Å²) in [5.74, 6) is 0.679. The van der Waals surface area contributed by atoms with E-state index in [1.165, 1.54) is 6.07 Å². The van der Waals surface area contributed by atoms with Crippen LogP contribution in [-0.4, -0.2) is 29.7 Å². The molecule has 3 nitrogen and oxygen atoms in total. The molecule has 5 heteroatoms. The molecule has 0 aromatic heterocycles. The van der Waals surface area contributed by atoms with E-state index in [9.17, 15) is 4.79 Å². The number of aromatic carboxylic acids is 1. The van der Waals surface area contributed by atoms with Gasteiger partial charge in [-0.3, -0.25) is 0 Å². The van der Waals surface area contributed by atoms with Gasteiger partial charge in [0, 0.05) is 0 Å². The number of ether oxygens (including phenoxy) is 1. The maximum absolute atomic E-state index is 10.8.